The molecule has 1 aliphatic rings. The van der Waals surface area contributed by atoms with Crippen LogP contribution in [-0.2, 0) is 6.42 Å². The number of rotatable bonds is 3. The quantitative estimate of drug-likeness (QED) is 0.821. The summed E-state index contributed by atoms with van der Waals surface area (Å²) >= 11 is 0. The number of likely N-dealkylation sites (tertiary alicyclic amines) is 1. The molecule has 1 aromatic heterocycles. The Morgan fingerprint density at radius 2 is 2.53 bits per heavy atom. The summed E-state index contributed by atoms with van der Waals surface area (Å²) in [7, 11) is 0. The Bertz CT molecular complexity index is 284. The van der Waals surface area contributed by atoms with E-state index >= 15 is 0 Å². The molecule has 2 heterocycles. The van der Waals surface area contributed by atoms with E-state index in [2.05, 4.69) is 11.8 Å². The molecule has 2 rings (SSSR count). The molecule has 1 saturated heterocycles. The molecule has 15 heavy (non-hydrogen) atoms. The van der Waals surface area contributed by atoms with Gasteiger partial charge in [-0.25, -0.2) is 0 Å². The molecule has 0 spiro atoms. The summed E-state index contributed by atoms with van der Waals surface area (Å²) in [6, 6.07) is 4.88. The lowest BCUT2D eigenvalue weighted by molar-refractivity contribution is 0.154. The molecular weight excluding hydrogens is 188 g/mol. The first kappa shape index (κ1) is 10.7. The summed E-state index contributed by atoms with van der Waals surface area (Å²) < 4.78 is 5.36. The zero-order valence-electron chi connectivity index (χ0n) is 9.36. The maximum Gasteiger partial charge on any atom is 0.105 e. The van der Waals surface area contributed by atoms with Crippen molar-refractivity contribution in [2.24, 2.45) is 5.73 Å². The van der Waals surface area contributed by atoms with Crippen molar-refractivity contribution in [2.75, 3.05) is 13.1 Å². The van der Waals surface area contributed by atoms with E-state index in [1.165, 1.54) is 19.4 Å². The van der Waals surface area contributed by atoms with Gasteiger partial charge in [-0.05, 0) is 38.4 Å². The Morgan fingerprint density at radius 3 is 3.20 bits per heavy atom. The van der Waals surface area contributed by atoms with Gasteiger partial charge in [0.15, 0.2) is 0 Å². The smallest absolute Gasteiger partial charge is 0.105 e. The standard InChI is InChI=1S/C12H20N2O/c1-10(8-12-5-3-7-15-12)14-6-2-4-11(13)9-14/h3,5,7,10-11H,2,4,6,8-9,13H2,1H3. The Morgan fingerprint density at radius 1 is 1.67 bits per heavy atom. The lowest BCUT2D eigenvalue weighted by Crippen LogP contribution is -2.47. The van der Waals surface area contributed by atoms with Crippen molar-refractivity contribution in [3.8, 4) is 0 Å². The Kier molecular flexibility index (Phi) is 3.44. The summed E-state index contributed by atoms with van der Waals surface area (Å²) in [6.45, 7) is 4.46. The number of hydrogen-bond donors (Lipinski definition) is 1. The van der Waals surface area contributed by atoms with Crippen LogP contribution in [0.4, 0.5) is 0 Å². The predicted molar refractivity (Wildman–Crippen MR) is 60.7 cm³/mol. The van der Waals surface area contributed by atoms with Crippen molar-refractivity contribution >= 4 is 0 Å². The molecule has 2 N–H and O–H groups in total. The maximum absolute atomic E-state index is 5.97. The zero-order chi connectivity index (χ0) is 10.7. The fourth-order valence-corrected chi connectivity index (χ4v) is 2.29. The summed E-state index contributed by atoms with van der Waals surface area (Å²) in [5.74, 6) is 1.07. The van der Waals surface area contributed by atoms with E-state index in [1.54, 1.807) is 6.26 Å². The number of hydrogen-bond acceptors (Lipinski definition) is 3. The monoisotopic (exact) mass is 208 g/mol. The van der Waals surface area contributed by atoms with Crippen LogP contribution in [0.5, 0.6) is 0 Å². The first-order chi connectivity index (χ1) is 7.25. The molecule has 1 aromatic rings. The van der Waals surface area contributed by atoms with E-state index in [1.807, 2.05) is 12.1 Å². The van der Waals surface area contributed by atoms with Crippen LogP contribution in [0.2, 0.25) is 0 Å². The predicted octanol–water partition coefficient (Wildman–Crippen LogP) is 1.63. The Hall–Kier alpha value is -0.800. The molecule has 0 aromatic carbocycles. The van der Waals surface area contributed by atoms with E-state index in [-0.39, 0.29) is 0 Å². The van der Waals surface area contributed by atoms with Crippen LogP contribution in [0.25, 0.3) is 0 Å². The summed E-state index contributed by atoms with van der Waals surface area (Å²) in [6.07, 6.45) is 5.12. The minimum absolute atomic E-state index is 0.359. The number of furan rings is 1. The molecule has 1 aliphatic heterocycles. The van der Waals surface area contributed by atoms with E-state index in [0.29, 0.717) is 12.1 Å². The molecular formula is C12H20N2O. The van der Waals surface area contributed by atoms with Crippen molar-refractivity contribution in [3.05, 3.63) is 24.2 Å². The van der Waals surface area contributed by atoms with Gasteiger partial charge in [-0.2, -0.15) is 0 Å². The van der Waals surface area contributed by atoms with Gasteiger partial charge in [0, 0.05) is 25.0 Å². The van der Waals surface area contributed by atoms with E-state index in [4.69, 9.17) is 10.2 Å². The average Bonchev–Trinajstić information content (AvgIpc) is 2.70. The van der Waals surface area contributed by atoms with E-state index in [9.17, 15) is 0 Å². The van der Waals surface area contributed by atoms with Crippen LogP contribution in [0.15, 0.2) is 22.8 Å². The van der Waals surface area contributed by atoms with Crippen molar-refractivity contribution in [1.29, 1.82) is 0 Å². The van der Waals surface area contributed by atoms with Gasteiger partial charge in [-0.3, -0.25) is 4.90 Å². The van der Waals surface area contributed by atoms with Gasteiger partial charge >= 0.3 is 0 Å². The number of piperidine rings is 1. The first-order valence-corrected chi connectivity index (χ1v) is 5.77. The van der Waals surface area contributed by atoms with E-state index in [0.717, 1.165) is 18.7 Å². The largest absolute Gasteiger partial charge is 0.469 e. The molecule has 0 bridgehead atoms. The molecule has 2 atom stereocenters. The van der Waals surface area contributed by atoms with Crippen molar-refractivity contribution in [2.45, 2.75) is 38.3 Å². The second-order valence-electron chi connectivity index (χ2n) is 4.53. The third kappa shape index (κ3) is 2.83. The highest BCUT2D eigenvalue weighted by Gasteiger charge is 2.21. The molecule has 0 aliphatic carbocycles. The normalized spacial score (nSPS) is 25.3. The fraction of sp³-hybridized carbons (Fsp3) is 0.667. The van der Waals surface area contributed by atoms with Gasteiger partial charge in [0.2, 0.25) is 0 Å². The fourth-order valence-electron chi connectivity index (χ4n) is 2.29. The third-order valence-electron chi connectivity index (χ3n) is 3.19. The van der Waals surface area contributed by atoms with Crippen molar-refractivity contribution < 1.29 is 4.42 Å². The van der Waals surface area contributed by atoms with Crippen LogP contribution in [0, 0.1) is 0 Å². The van der Waals surface area contributed by atoms with Crippen molar-refractivity contribution in [1.82, 2.24) is 4.90 Å². The first-order valence-electron chi connectivity index (χ1n) is 5.77. The molecule has 1 fully saturated rings. The van der Waals surface area contributed by atoms with Gasteiger partial charge in [-0.1, -0.05) is 0 Å². The molecule has 0 amide bonds. The van der Waals surface area contributed by atoms with Gasteiger partial charge in [0.05, 0.1) is 6.26 Å². The SMILES string of the molecule is CC(Cc1ccco1)N1CCCC(N)C1. The molecule has 2 unspecified atom stereocenters. The highest BCUT2D eigenvalue weighted by molar-refractivity contribution is 5.00. The average molecular weight is 208 g/mol. The van der Waals surface area contributed by atoms with Gasteiger partial charge in [0.1, 0.15) is 5.76 Å². The molecule has 0 radical (unpaired) electrons. The molecule has 3 nitrogen and oxygen atoms in total. The summed E-state index contributed by atoms with van der Waals surface area (Å²) in [4.78, 5) is 2.47. The van der Waals surface area contributed by atoms with Crippen molar-refractivity contribution in [3.63, 3.8) is 0 Å². The van der Waals surface area contributed by atoms with Gasteiger partial charge < -0.3 is 10.2 Å². The minimum atomic E-state index is 0.359. The highest BCUT2D eigenvalue weighted by Crippen LogP contribution is 2.15. The van der Waals surface area contributed by atoms with Crippen LogP contribution in [0.3, 0.4) is 0 Å². The molecule has 84 valence electrons. The lowest BCUT2D eigenvalue weighted by atomic mass is 10.0. The maximum atomic E-state index is 5.97. The topological polar surface area (TPSA) is 42.4 Å². The highest BCUT2D eigenvalue weighted by atomic mass is 16.3. The second kappa shape index (κ2) is 4.81. The third-order valence-corrected chi connectivity index (χ3v) is 3.19. The van der Waals surface area contributed by atoms with Crippen LogP contribution in [0.1, 0.15) is 25.5 Å². The number of nitrogens with zero attached hydrogens (tertiary/aromatic N) is 1. The lowest BCUT2D eigenvalue weighted by Gasteiger charge is -2.35. The van der Waals surface area contributed by atoms with Crippen LogP contribution in [-0.4, -0.2) is 30.1 Å². The van der Waals surface area contributed by atoms with Gasteiger partial charge in [-0.15, -0.1) is 0 Å². The Balaban J connectivity index is 1.87. The summed E-state index contributed by atoms with van der Waals surface area (Å²) in [5.41, 5.74) is 5.97. The van der Waals surface area contributed by atoms with E-state index < -0.39 is 0 Å². The van der Waals surface area contributed by atoms with Gasteiger partial charge in [0.25, 0.3) is 0 Å². The number of nitrogens with two attached hydrogens (primary N) is 1. The minimum Gasteiger partial charge on any atom is -0.469 e. The molecule has 0 saturated carbocycles. The molecule has 3 heteroatoms. The summed E-state index contributed by atoms with van der Waals surface area (Å²) in [5, 5.41) is 0. The zero-order valence-corrected chi connectivity index (χ0v) is 9.36. The second-order valence-corrected chi connectivity index (χ2v) is 4.53. The van der Waals surface area contributed by atoms with Crippen LogP contribution < -0.4 is 5.73 Å². The van der Waals surface area contributed by atoms with Crippen LogP contribution >= 0.6 is 0 Å². The Labute approximate surface area is 91.2 Å².